The van der Waals surface area contributed by atoms with Gasteiger partial charge in [0.15, 0.2) is 0 Å². The van der Waals surface area contributed by atoms with E-state index in [0.717, 1.165) is 10.9 Å². The number of hydrogen-bond acceptors (Lipinski definition) is 4. The maximum atomic E-state index is 12.9. The fourth-order valence-electron chi connectivity index (χ4n) is 3.35. The molecule has 7 heteroatoms. The van der Waals surface area contributed by atoms with E-state index in [1.165, 1.54) is 0 Å². The minimum Gasteiger partial charge on any atom is -0.381 e. The van der Waals surface area contributed by atoms with Gasteiger partial charge < -0.3 is 15.0 Å². The lowest BCUT2D eigenvalue weighted by Crippen LogP contribution is -2.34. The third-order valence-electron chi connectivity index (χ3n) is 4.87. The molecule has 1 aliphatic heterocycles. The first-order valence-corrected chi connectivity index (χ1v) is 8.48. The SMILES string of the molecule is CC(C)n1cc(C2(O)CCN(C(=O)c3cccc4cc[nH]c34)C2)nn1. The molecule has 0 radical (unpaired) electrons. The summed E-state index contributed by atoms with van der Waals surface area (Å²) < 4.78 is 1.72. The van der Waals surface area contributed by atoms with Crippen LogP contribution < -0.4 is 0 Å². The van der Waals surface area contributed by atoms with E-state index < -0.39 is 5.60 Å². The number of aromatic nitrogens is 4. The third-order valence-corrected chi connectivity index (χ3v) is 4.87. The molecule has 4 rings (SSSR count). The van der Waals surface area contributed by atoms with Crippen LogP contribution in [0.4, 0.5) is 0 Å². The van der Waals surface area contributed by atoms with E-state index in [1.54, 1.807) is 15.8 Å². The summed E-state index contributed by atoms with van der Waals surface area (Å²) in [5, 5.41) is 20.2. The van der Waals surface area contributed by atoms with Gasteiger partial charge in [-0.05, 0) is 26.0 Å². The van der Waals surface area contributed by atoms with Gasteiger partial charge in [-0.2, -0.15) is 0 Å². The van der Waals surface area contributed by atoms with Gasteiger partial charge in [0.2, 0.25) is 0 Å². The number of aliphatic hydroxyl groups is 1. The van der Waals surface area contributed by atoms with Gasteiger partial charge in [-0.15, -0.1) is 5.10 Å². The maximum absolute atomic E-state index is 12.9. The zero-order valence-corrected chi connectivity index (χ0v) is 14.3. The van der Waals surface area contributed by atoms with Crippen LogP contribution in [-0.4, -0.2) is 49.0 Å². The van der Waals surface area contributed by atoms with Crippen LogP contribution in [0.25, 0.3) is 10.9 Å². The van der Waals surface area contributed by atoms with Gasteiger partial charge in [-0.3, -0.25) is 4.79 Å². The lowest BCUT2D eigenvalue weighted by atomic mass is 10.00. The van der Waals surface area contributed by atoms with Crippen LogP contribution in [0.2, 0.25) is 0 Å². The lowest BCUT2D eigenvalue weighted by Gasteiger charge is -2.21. The highest BCUT2D eigenvalue weighted by Crippen LogP contribution is 2.32. The molecule has 0 bridgehead atoms. The van der Waals surface area contributed by atoms with Crippen molar-refractivity contribution in [2.45, 2.75) is 31.9 Å². The molecule has 3 heterocycles. The van der Waals surface area contributed by atoms with Crippen molar-refractivity contribution in [2.75, 3.05) is 13.1 Å². The molecule has 1 unspecified atom stereocenters. The Bertz CT molecular complexity index is 928. The second-order valence-electron chi connectivity index (χ2n) is 6.93. The summed E-state index contributed by atoms with van der Waals surface area (Å²) in [7, 11) is 0. The normalized spacial score (nSPS) is 20.7. The summed E-state index contributed by atoms with van der Waals surface area (Å²) >= 11 is 0. The average Bonchev–Trinajstić information content (AvgIpc) is 3.32. The van der Waals surface area contributed by atoms with Gasteiger partial charge in [0.25, 0.3) is 5.91 Å². The van der Waals surface area contributed by atoms with E-state index >= 15 is 0 Å². The second kappa shape index (κ2) is 5.70. The number of benzene rings is 1. The van der Waals surface area contributed by atoms with Crippen LogP contribution >= 0.6 is 0 Å². The highest BCUT2D eigenvalue weighted by atomic mass is 16.3. The number of para-hydroxylation sites is 1. The number of H-pyrrole nitrogens is 1. The number of nitrogens with zero attached hydrogens (tertiary/aromatic N) is 4. The fourth-order valence-corrected chi connectivity index (χ4v) is 3.35. The first kappa shape index (κ1) is 15.8. The van der Waals surface area contributed by atoms with Gasteiger partial charge in [0.1, 0.15) is 11.3 Å². The van der Waals surface area contributed by atoms with Crippen molar-refractivity contribution in [2.24, 2.45) is 0 Å². The Hall–Kier alpha value is -2.67. The van der Waals surface area contributed by atoms with Crippen LogP contribution in [0.5, 0.6) is 0 Å². The molecular formula is C18H21N5O2. The Morgan fingerprint density at radius 1 is 1.36 bits per heavy atom. The van der Waals surface area contributed by atoms with Gasteiger partial charge in [-0.1, -0.05) is 17.3 Å². The summed E-state index contributed by atoms with van der Waals surface area (Å²) in [6.45, 7) is 4.72. The number of β-amino-alcohol motifs (C(OH)–C–C–N with tert-alkyl or cyclic N) is 1. The van der Waals surface area contributed by atoms with Gasteiger partial charge >= 0.3 is 0 Å². The van der Waals surface area contributed by atoms with Gasteiger partial charge in [-0.25, -0.2) is 4.68 Å². The molecule has 0 spiro atoms. The molecule has 25 heavy (non-hydrogen) atoms. The molecule has 7 nitrogen and oxygen atoms in total. The Labute approximate surface area is 145 Å². The number of hydrogen-bond donors (Lipinski definition) is 2. The summed E-state index contributed by atoms with van der Waals surface area (Å²) in [6.07, 6.45) is 4.05. The van der Waals surface area contributed by atoms with E-state index in [0.29, 0.717) is 24.2 Å². The Balaban J connectivity index is 1.59. The number of nitrogens with one attached hydrogen (secondary N) is 1. The molecular weight excluding hydrogens is 318 g/mol. The molecule has 2 N–H and O–H groups in total. The molecule has 1 aromatic carbocycles. The summed E-state index contributed by atoms with van der Waals surface area (Å²) in [4.78, 5) is 17.8. The number of fused-ring (bicyclic) bond motifs is 1. The number of carbonyl (C=O) groups excluding carboxylic acids is 1. The maximum Gasteiger partial charge on any atom is 0.256 e. The molecule has 1 atom stereocenters. The van der Waals surface area contributed by atoms with Crippen LogP contribution in [0.15, 0.2) is 36.7 Å². The molecule has 2 aromatic heterocycles. The standard InChI is InChI=1S/C18H21N5O2/c1-12(2)23-10-15(20-21-23)18(25)7-9-22(11-18)17(24)14-5-3-4-13-6-8-19-16(13)14/h3-6,8,10,12,19,25H,7,9,11H2,1-2H3. The quantitative estimate of drug-likeness (QED) is 0.765. The zero-order chi connectivity index (χ0) is 17.6. The zero-order valence-electron chi connectivity index (χ0n) is 14.3. The van der Waals surface area contributed by atoms with Crippen molar-refractivity contribution in [1.29, 1.82) is 0 Å². The average molecular weight is 339 g/mol. The van der Waals surface area contributed by atoms with Gasteiger partial charge in [0.05, 0.1) is 23.8 Å². The molecule has 1 amide bonds. The molecule has 3 aromatic rings. The van der Waals surface area contributed by atoms with E-state index in [-0.39, 0.29) is 18.5 Å². The predicted molar refractivity (Wildman–Crippen MR) is 93.1 cm³/mol. The summed E-state index contributed by atoms with van der Waals surface area (Å²) in [5.74, 6) is -0.0831. The largest absolute Gasteiger partial charge is 0.381 e. The number of amides is 1. The first-order valence-electron chi connectivity index (χ1n) is 8.48. The predicted octanol–water partition coefficient (Wildman–Crippen LogP) is 2.07. The molecule has 1 fully saturated rings. The second-order valence-corrected chi connectivity index (χ2v) is 6.93. The van der Waals surface area contributed by atoms with E-state index in [1.807, 2.05) is 44.3 Å². The van der Waals surface area contributed by atoms with E-state index in [4.69, 9.17) is 0 Å². The number of rotatable bonds is 3. The topological polar surface area (TPSA) is 87.0 Å². The first-order chi connectivity index (χ1) is 12.0. The van der Waals surface area contributed by atoms with E-state index in [9.17, 15) is 9.90 Å². The number of likely N-dealkylation sites (tertiary alicyclic amines) is 1. The van der Waals surface area contributed by atoms with Crippen molar-refractivity contribution in [3.8, 4) is 0 Å². The van der Waals surface area contributed by atoms with Crippen LogP contribution in [0.1, 0.15) is 42.4 Å². The third kappa shape index (κ3) is 2.60. The molecule has 0 saturated carbocycles. The lowest BCUT2D eigenvalue weighted by molar-refractivity contribution is 0.0382. The highest BCUT2D eigenvalue weighted by Gasteiger charge is 2.42. The van der Waals surface area contributed by atoms with E-state index in [2.05, 4.69) is 15.3 Å². The smallest absolute Gasteiger partial charge is 0.256 e. The van der Waals surface area contributed by atoms with Crippen LogP contribution in [-0.2, 0) is 5.60 Å². The minimum absolute atomic E-state index is 0.0831. The monoisotopic (exact) mass is 339 g/mol. The van der Waals surface area contributed by atoms with Crippen molar-refractivity contribution in [1.82, 2.24) is 24.9 Å². The highest BCUT2D eigenvalue weighted by molar-refractivity contribution is 6.05. The van der Waals surface area contributed by atoms with Crippen LogP contribution in [0.3, 0.4) is 0 Å². The van der Waals surface area contributed by atoms with Gasteiger partial charge in [0, 0.05) is 30.6 Å². The molecule has 1 saturated heterocycles. The Kier molecular flexibility index (Phi) is 3.61. The van der Waals surface area contributed by atoms with Crippen molar-refractivity contribution < 1.29 is 9.90 Å². The number of aromatic amines is 1. The van der Waals surface area contributed by atoms with Crippen molar-refractivity contribution in [3.63, 3.8) is 0 Å². The summed E-state index contributed by atoms with van der Waals surface area (Å²) in [5.41, 5.74) is 0.827. The molecule has 1 aliphatic rings. The number of carbonyl (C=O) groups is 1. The molecule has 0 aliphatic carbocycles. The summed E-state index contributed by atoms with van der Waals surface area (Å²) in [6, 6.07) is 7.77. The Morgan fingerprint density at radius 2 is 2.20 bits per heavy atom. The minimum atomic E-state index is -1.15. The fraction of sp³-hybridized carbons (Fsp3) is 0.389. The van der Waals surface area contributed by atoms with Crippen molar-refractivity contribution >= 4 is 16.8 Å². The van der Waals surface area contributed by atoms with Crippen molar-refractivity contribution in [3.05, 3.63) is 47.9 Å². The molecule has 130 valence electrons. The Morgan fingerprint density at radius 3 is 2.96 bits per heavy atom. The van der Waals surface area contributed by atoms with Crippen LogP contribution in [0, 0.1) is 0 Å².